The molecule has 1 aromatic rings. The monoisotopic (exact) mass is 324 g/mol. The van der Waals surface area contributed by atoms with E-state index in [0.717, 1.165) is 37.8 Å². The number of carboxylic acid groups (broad SMARTS) is 1. The molecule has 0 bridgehead atoms. The lowest BCUT2D eigenvalue weighted by Crippen LogP contribution is -2.40. The molecule has 0 aromatic heterocycles. The summed E-state index contributed by atoms with van der Waals surface area (Å²) in [6.45, 7) is 0.729. The number of nitrogens with one attached hydrogen (secondary N) is 1. The van der Waals surface area contributed by atoms with Crippen LogP contribution in [0.15, 0.2) is 24.3 Å². The Morgan fingerprint density at radius 1 is 1.23 bits per heavy atom. The molecule has 1 amide bonds. The summed E-state index contributed by atoms with van der Waals surface area (Å²) in [6, 6.07) is 7.91. The summed E-state index contributed by atoms with van der Waals surface area (Å²) in [5.74, 6) is -1.28. The summed E-state index contributed by atoms with van der Waals surface area (Å²) < 4.78 is 0. The summed E-state index contributed by atoms with van der Waals surface area (Å²) >= 11 is 5.94. The Morgan fingerprint density at radius 2 is 1.95 bits per heavy atom. The summed E-state index contributed by atoms with van der Waals surface area (Å²) in [5, 5.41) is 11.8. The number of amides is 1. The van der Waals surface area contributed by atoms with Crippen molar-refractivity contribution in [2.24, 2.45) is 0 Å². The van der Waals surface area contributed by atoms with Crippen molar-refractivity contribution < 1.29 is 14.7 Å². The lowest BCUT2D eigenvalue weighted by Gasteiger charge is -2.29. The smallest absolute Gasteiger partial charge is 0.322 e. The van der Waals surface area contributed by atoms with Crippen molar-refractivity contribution in [3.8, 4) is 0 Å². The molecule has 6 heteroatoms. The predicted molar refractivity (Wildman–Crippen MR) is 84.9 cm³/mol. The Kier molecular flexibility index (Phi) is 6.21. The van der Waals surface area contributed by atoms with Crippen molar-refractivity contribution in [1.82, 2.24) is 10.2 Å². The fourth-order valence-electron chi connectivity index (χ4n) is 2.83. The number of aliphatic carboxylic acids is 1. The molecule has 1 unspecified atom stereocenters. The van der Waals surface area contributed by atoms with E-state index in [9.17, 15) is 9.59 Å². The molecule has 120 valence electrons. The second-order valence-electron chi connectivity index (χ2n) is 5.56. The Morgan fingerprint density at radius 3 is 2.64 bits per heavy atom. The Bertz CT molecular complexity index is 519. The fourth-order valence-corrected chi connectivity index (χ4v) is 2.96. The van der Waals surface area contributed by atoms with Gasteiger partial charge in [0.25, 0.3) is 0 Å². The molecule has 1 fully saturated rings. The lowest BCUT2D eigenvalue weighted by atomic mass is 10.0. The molecule has 1 atom stereocenters. The highest BCUT2D eigenvalue weighted by atomic mass is 35.5. The fraction of sp³-hybridized carbons (Fsp3) is 0.500. The van der Waals surface area contributed by atoms with Crippen LogP contribution in [0.3, 0.4) is 0 Å². The largest absolute Gasteiger partial charge is 0.480 e. The lowest BCUT2D eigenvalue weighted by molar-refractivity contribution is -0.138. The Labute approximate surface area is 135 Å². The molecule has 0 radical (unpaired) electrons. The third kappa shape index (κ3) is 5.00. The van der Waals surface area contributed by atoms with E-state index >= 15 is 0 Å². The molecule has 1 heterocycles. The number of carbonyl (C=O) groups is 2. The third-order valence-corrected chi connectivity index (χ3v) is 4.15. The minimum atomic E-state index is -1.03. The molecule has 22 heavy (non-hydrogen) atoms. The molecule has 0 aliphatic carbocycles. The van der Waals surface area contributed by atoms with Gasteiger partial charge in [0, 0.05) is 11.1 Å². The minimum Gasteiger partial charge on any atom is -0.480 e. The number of benzene rings is 1. The number of nitrogens with zero attached hydrogens (tertiary/aromatic N) is 1. The first kappa shape index (κ1) is 16.8. The summed E-state index contributed by atoms with van der Waals surface area (Å²) in [4.78, 5) is 24.6. The van der Waals surface area contributed by atoms with E-state index < -0.39 is 5.97 Å². The molecular formula is C16H21ClN2O3. The van der Waals surface area contributed by atoms with Crippen LogP contribution in [0, 0.1) is 0 Å². The van der Waals surface area contributed by atoms with Crippen molar-refractivity contribution in [3.05, 3.63) is 34.9 Å². The Hall–Kier alpha value is -1.59. The van der Waals surface area contributed by atoms with Gasteiger partial charge in [-0.15, -0.1) is 0 Å². The van der Waals surface area contributed by atoms with Gasteiger partial charge >= 0.3 is 5.97 Å². The van der Waals surface area contributed by atoms with Crippen LogP contribution < -0.4 is 5.32 Å². The number of hydrogen-bond donors (Lipinski definition) is 2. The quantitative estimate of drug-likeness (QED) is 0.873. The van der Waals surface area contributed by atoms with Crippen LogP contribution in [0.5, 0.6) is 0 Å². The zero-order chi connectivity index (χ0) is 15.9. The summed E-state index contributed by atoms with van der Waals surface area (Å²) in [7, 11) is 0. The molecule has 1 aromatic carbocycles. The second-order valence-corrected chi connectivity index (χ2v) is 5.99. The zero-order valence-electron chi connectivity index (χ0n) is 12.4. The van der Waals surface area contributed by atoms with Crippen molar-refractivity contribution in [3.63, 3.8) is 0 Å². The van der Waals surface area contributed by atoms with Crippen molar-refractivity contribution in [2.75, 3.05) is 19.6 Å². The number of likely N-dealkylation sites (tertiary alicyclic amines) is 1. The number of rotatable bonds is 5. The zero-order valence-corrected chi connectivity index (χ0v) is 13.2. The van der Waals surface area contributed by atoms with Crippen LogP contribution in [0.4, 0.5) is 0 Å². The normalized spacial score (nSPS) is 19.4. The minimum absolute atomic E-state index is 0.176. The molecule has 1 aliphatic heterocycles. The highest BCUT2D eigenvalue weighted by Gasteiger charge is 2.24. The van der Waals surface area contributed by atoms with E-state index in [1.54, 1.807) is 0 Å². The predicted octanol–water partition coefficient (Wildman–Crippen LogP) is 2.46. The van der Waals surface area contributed by atoms with Crippen LogP contribution in [0.1, 0.15) is 37.3 Å². The first-order valence-electron chi connectivity index (χ1n) is 7.54. The summed E-state index contributed by atoms with van der Waals surface area (Å²) in [5.41, 5.74) is 1.15. The first-order valence-corrected chi connectivity index (χ1v) is 7.92. The molecule has 1 saturated heterocycles. The first-order chi connectivity index (χ1) is 10.6. The van der Waals surface area contributed by atoms with E-state index in [4.69, 9.17) is 16.7 Å². The molecular weight excluding hydrogens is 304 g/mol. The third-order valence-electron chi connectivity index (χ3n) is 3.90. The van der Waals surface area contributed by atoms with Gasteiger partial charge in [-0.25, -0.2) is 0 Å². The van der Waals surface area contributed by atoms with Gasteiger partial charge in [-0.05, 0) is 37.1 Å². The number of halogens is 1. The van der Waals surface area contributed by atoms with Gasteiger partial charge < -0.3 is 10.4 Å². The van der Waals surface area contributed by atoms with Crippen LogP contribution >= 0.6 is 11.6 Å². The Balaban J connectivity index is 2.05. The van der Waals surface area contributed by atoms with Gasteiger partial charge in [-0.3, -0.25) is 14.5 Å². The highest BCUT2D eigenvalue weighted by Crippen LogP contribution is 2.30. The van der Waals surface area contributed by atoms with E-state index in [1.165, 1.54) is 0 Å². The average molecular weight is 325 g/mol. The van der Waals surface area contributed by atoms with Crippen molar-refractivity contribution >= 4 is 23.5 Å². The van der Waals surface area contributed by atoms with E-state index in [2.05, 4.69) is 10.2 Å². The summed E-state index contributed by atoms with van der Waals surface area (Å²) in [6.07, 6.45) is 4.32. The van der Waals surface area contributed by atoms with Gasteiger partial charge in [-0.2, -0.15) is 0 Å². The van der Waals surface area contributed by atoms with Gasteiger partial charge in [0.1, 0.15) is 6.54 Å². The van der Waals surface area contributed by atoms with Crippen LogP contribution in [-0.4, -0.2) is 41.5 Å². The van der Waals surface area contributed by atoms with E-state index in [1.807, 2.05) is 24.3 Å². The maximum Gasteiger partial charge on any atom is 0.322 e. The van der Waals surface area contributed by atoms with Gasteiger partial charge in [0.05, 0.1) is 6.54 Å². The maximum absolute atomic E-state index is 11.9. The molecule has 1 aliphatic rings. The highest BCUT2D eigenvalue weighted by molar-refractivity contribution is 6.30. The van der Waals surface area contributed by atoms with Crippen molar-refractivity contribution in [2.45, 2.75) is 31.7 Å². The van der Waals surface area contributed by atoms with Gasteiger partial charge in [0.15, 0.2) is 0 Å². The standard InChI is InChI=1S/C16H21ClN2O3/c17-13-7-5-12(6-8-13)14-4-2-1-3-9-19(14)11-15(20)18-10-16(21)22/h5-8,14H,1-4,9-11H2,(H,18,20)(H,21,22). The van der Waals surface area contributed by atoms with E-state index in [-0.39, 0.29) is 25.0 Å². The van der Waals surface area contributed by atoms with Gasteiger partial charge in [-0.1, -0.05) is 36.6 Å². The van der Waals surface area contributed by atoms with Crippen LogP contribution in [0.2, 0.25) is 5.02 Å². The van der Waals surface area contributed by atoms with E-state index in [0.29, 0.717) is 5.02 Å². The molecule has 0 spiro atoms. The van der Waals surface area contributed by atoms with Crippen LogP contribution in [0.25, 0.3) is 0 Å². The van der Waals surface area contributed by atoms with Gasteiger partial charge in [0.2, 0.25) is 5.91 Å². The average Bonchev–Trinajstić information content (AvgIpc) is 2.71. The number of carbonyl (C=O) groups excluding carboxylic acids is 1. The second kappa shape index (κ2) is 8.15. The van der Waals surface area contributed by atoms with Crippen LogP contribution in [-0.2, 0) is 9.59 Å². The molecule has 5 nitrogen and oxygen atoms in total. The molecule has 2 N–H and O–H groups in total. The maximum atomic E-state index is 11.9. The molecule has 2 rings (SSSR count). The SMILES string of the molecule is O=C(O)CNC(=O)CN1CCCCCC1c1ccc(Cl)cc1. The molecule has 0 saturated carbocycles. The number of hydrogen-bond acceptors (Lipinski definition) is 3. The number of carboxylic acids is 1. The van der Waals surface area contributed by atoms with Crippen molar-refractivity contribution in [1.29, 1.82) is 0 Å². The topological polar surface area (TPSA) is 69.6 Å².